The SMILES string of the molecule is O=C(COc1ccc(Cl)cc1)N1CCN(c2ccc(-n3cccc3)nn2)CC1. The third-order valence-corrected chi connectivity index (χ3v) is 4.89. The molecule has 4 rings (SSSR count). The van der Waals surface area contributed by atoms with Crippen LogP contribution in [-0.2, 0) is 4.79 Å². The molecule has 0 saturated carbocycles. The lowest BCUT2D eigenvalue weighted by Gasteiger charge is -2.35. The van der Waals surface area contributed by atoms with E-state index >= 15 is 0 Å². The number of hydrogen-bond donors (Lipinski definition) is 0. The molecule has 0 N–H and O–H groups in total. The zero-order chi connectivity index (χ0) is 19.3. The van der Waals surface area contributed by atoms with Gasteiger partial charge in [-0.1, -0.05) is 11.6 Å². The summed E-state index contributed by atoms with van der Waals surface area (Å²) in [5.41, 5.74) is 0. The molecular formula is C20H20ClN5O2. The van der Waals surface area contributed by atoms with Gasteiger partial charge in [-0.15, -0.1) is 10.2 Å². The second-order valence-electron chi connectivity index (χ2n) is 6.45. The average Bonchev–Trinajstić information content (AvgIpc) is 3.28. The van der Waals surface area contributed by atoms with Crippen LogP contribution < -0.4 is 9.64 Å². The summed E-state index contributed by atoms with van der Waals surface area (Å²) in [6.45, 7) is 2.70. The average molecular weight is 398 g/mol. The highest BCUT2D eigenvalue weighted by Crippen LogP contribution is 2.17. The molecule has 1 aromatic carbocycles. The fraction of sp³-hybridized carbons (Fsp3) is 0.250. The second kappa shape index (κ2) is 8.31. The Balaban J connectivity index is 1.28. The number of carbonyl (C=O) groups excluding carboxylic acids is 1. The zero-order valence-corrected chi connectivity index (χ0v) is 16.0. The number of aromatic nitrogens is 3. The largest absolute Gasteiger partial charge is 0.484 e. The first-order valence-corrected chi connectivity index (χ1v) is 9.45. The molecule has 0 unspecified atom stereocenters. The second-order valence-corrected chi connectivity index (χ2v) is 6.89. The molecule has 144 valence electrons. The molecule has 0 aliphatic carbocycles. The maximum atomic E-state index is 12.4. The van der Waals surface area contributed by atoms with E-state index in [-0.39, 0.29) is 12.5 Å². The van der Waals surface area contributed by atoms with Gasteiger partial charge in [0.15, 0.2) is 18.2 Å². The Kier molecular flexibility index (Phi) is 5.43. The van der Waals surface area contributed by atoms with Crippen LogP contribution in [0.5, 0.6) is 5.75 Å². The molecule has 0 atom stereocenters. The molecular weight excluding hydrogens is 378 g/mol. The maximum absolute atomic E-state index is 12.4. The fourth-order valence-electron chi connectivity index (χ4n) is 3.06. The van der Waals surface area contributed by atoms with Crippen molar-refractivity contribution in [2.45, 2.75) is 0 Å². The molecule has 1 fully saturated rings. The van der Waals surface area contributed by atoms with Crippen LogP contribution in [0.15, 0.2) is 60.9 Å². The highest BCUT2D eigenvalue weighted by atomic mass is 35.5. The van der Waals surface area contributed by atoms with Crippen molar-refractivity contribution in [3.63, 3.8) is 0 Å². The van der Waals surface area contributed by atoms with Crippen molar-refractivity contribution in [1.82, 2.24) is 19.7 Å². The number of amides is 1. The lowest BCUT2D eigenvalue weighted by atomic mass is 10.3. The molecule has 0 spiro atoms. The predicted octanol–water partition coefficient (Wildman–Crippen LogP) is 2.65. The number of rotatable bonds is 5. The van der Waals surface area contributed by atoms with Gasteiger partial charge in [0, 0.05) is 43.6 Å². The van der Waals surface area contributed by atoms with E-state index in [1.807, 2.05) is 46.1 Å². The van der Waals surface area contributed by atoms with Crippen LogP contribution in [0.25, 0.3) is 5.82 Å². The van der Waals surface area contributed by atoms with Crippen molar-refractivity contribution in [3.8, 4) is 11.6 Å². The number of halogens is 1. The Bertz CT molecular complexity index is 905. The minimum absolute atomic E-state index is 0.0208. The Labute approximate surface area is 168 Å². The number of nitrogens with zero attached hydrogens (tertiary/aromatic N) is 5. The van der Waals surface area contributed by atoms with Gasteiger partial charge in [-0.2, -0.15) is 0 Å². The summed E-state index contributed by atoms with van der Waals surface area (Å²) in [6.07, 6.45) is 3.86. The first kappa shape index (κ1) is 18.3. The van der Waals surface area contributed by atoms with Crippen LogP contribution in [0.3, 0.4) is 0 Å². The van der Waals surface area contributed by atoms with Crippen LogP contribution in [0.1, 0.15) is 0 Å². The van der Waals surface area contributed by atoms with E-state index in [0.29, 0.717) is 37.0 Å². The summed E-state index contributed by atoms with van der Waals surface area (Å²) in [7, 11) is 0. The summed E-state index contributed by atoms with van der Waals surface area (Å²) < 4.78 is 7.46. The number of piperazine rings is 1. The van der Waals surface area contributed by atoms with Crippen LogP contribution in [0.4, 0.5) is 5.82 Å². The highest BCUT2D eigenvalue weighted by molar-refractivity contribution is 6.30. The Morgan fingerprint density at radius 2 is 1.57 bits per heavy atom. The van der Waals surface area contributed by atoms with E-state index in [2.05, 4.69) is 15.1 Å². The summed E-state index contributed by atoms with van der Waals surface area (Å²) in [6, 6.07) is 14.8. The van der Waals surface area contributed by atoms with Gasteiger partial charge in [0.2, 0.25) is 0 Å². The van der Waals surface area contributed by atoms with E-state index in [0.717, 1.165) is 11.6 Å². The summed E-state index contributed by atoms with van der Waals surface area (Å²) in [4.78, 5) is 16.3. The fourth-order valence-corrected chi connectivity index (χ4v) is 3.19. The molecule has 28 heavy (non-hydrogen) atoms. The normalized spacial score (nSPS) is 14.2. The van der Waals surface area contributed by atoms with Crippen molar-refractivity contribution < 1.29 is 9.53 Å². The van der Waals surface area contributed by atoms with Gasteiger partial charge in [0.05, 0.1) is 0 Å². The Hall–Kier alpha value is -3.06. The van der Waals surface area contributed by atoms with Crippen LogP contribution in [-0.4, -0.2) is 58.4 Å². The number of hydrogen-bond acceptors (Lipinski definition) is 5. The number of ether oxygens (including phenoxy) is 1. The molecule has 2 aromatic heterocycles. The molecule has 1 aliphatic heterocycles. The monoisotopic (exact) mass is 397 g/mol. The number of carbonyl (C=O) groups is 1. The predicted molar refractivity (Wildman–Crippen MR) is 107 cm³/mol. The van der Waals surface area contributed by atoms with E-state index in [1.54, 1.807) is 24.3 Å². The molecule has 1 aliphatic rings. The van der Waals surface area contributed by atoms with Gasteiger partial charge in [-0.25, -0.2) is 0 Å². The highest BCUT2D eigenvalue weighted by Gasteiger charge is 2.22. The topological polar surface area (TPSA) is 63.5 Å². The first-order chi connectivity index (χ1) is 13.7. The summed E-state index contributed by atoms with van der Waals surface area (Å²) >= 11 is 5.85. The maximum Gasteiger partial charge on any atom is 0.260 e. The van der Waals surface area contributed by atoms with Crippen molar-refractivity contribution in [2.75, 3.05) is 37.7 Å². The number of benzene rings is 1. The molecule has 8 heteroatoms. The van der Waals surface area contributed by atoms with Crippen LogP contribution >= 0.6 is 11.6 Å². The molecule has 7 nitrogen and oxygen atoms in total. The minimum Gasteiger partial charge on any atom is -0.484 e. The Morgan fingerprint density at radius 1 is 0.929 bits per heavy atom. The lowest BCUT2D eigenvalue weighted by molar-refractivity contribution is -0.133. The van der Waals surface area contributed by atoms with Gasteiger partial charge in [-0.3, -0.25) is 4.79 Å². The van der Waals surface area contributed by atoms with Crippen molar-refractivity contribution >= 4 is 23.3 Å². The lowest BCUT2D eigenvalue weighted by Crippen LogP contribution is -2.50. The quantitative estimate of drug-likeness (QED) is 0.662. The van der Waals surface area contributed by atoms with Crippen LogP contribution in [0.2, 0.25) is 5.02 Å². The molecule has 0 bridgehead atoms. The molecule has 1 saturated heterocycles. The smallest absolute Gasteiger partial charge is 0.260 e. The number of anilines is 1. The van der Waals surface area contributed by atoms with Crippen LogP contribution in [0, 0.1) is 0 Å². The van der Waals surface area contributed by atoms with Gasteiger partial charge in [0.1, 0.15) is 5.75 Å². The van der Waals surface area contributed by atoms with E-state index in [4.69, 9.17) is 16.3 Å². The zero-order valence-electron chi connectivity index (χ0n) is 15.2. The van der Waals surface area contributed by atoms with E-state index in [9.17, 15) is 4.79 Å². The standard InChI is InChI=1S/C20H20ClN5O2/c21-16-3-5-17(6-4-16)28-15-20(27)26-13-11-25(12-14-26)19-8-7-18(22-23-19)24-9-1-2-10-24/h1-10H,11-15H2. The van der Waals surface area contributed by atoms with Gasteiger partial charge in [-0.05, 0) is 48.5 Å². The minimum atomic E-state index is -0.0244. The molecule has 3 aromatic rings. The first-order valence-electron chi connectivity index (χ1n) is 9.07. The van der Waals surface area contributed by atoms with E-state index in [1.165, 1.54) is 0 Å². The van der Waals surface area contributed by atoms with Crippen molar-refractivity contribution in [2.24, 2.45) is 0 Å². The van der Waals surface area contributed by atoms with Gasteiger partial charge >= 0.3 is 0 Å². The van der Waals surface area contributed by atoms with Gasteiger partial charge in [0.25, 0.3) is 5.91 Å². The van der Waals surface area contributed by atoms with Crippen molar-refractivity contribution in [3.05, 3.63) is 65.9 Å². The summed E-state index contributed by atoms with van der Waals surface area (Å²) in [5.74, 6) is 2.21. The molecule has 3 heterocycles. The third-order valence-electron chi connectivity index (χ3n) is 4.64. The molecule has 1 amide bonds. The molecule has 0 radical (unpaired) electrons. The van der Waals surface area contributed by atoms with E-state index < -0.39 is 0 Å². The Morgan fingerprint density at radius 3 is 2.21 bits per heavy atom. The van der Waals surface area contributed by atoms with Crippen molar-refractivity contribution in [1.29, 1.82) is 0 Å². The van der Waals surface area contributed by atoms with Gasteiger partial charge < -0.3 is 19.1 Å². The summed E-state index contributed by atoms with van der Waals surface area (Å²) in [5, 5.41) is 9.25. The third kappa shape index (κ3) is 4.26.